The Kier molecular flexibility index (Phi) is 4.96. The molecule has 0 aliphatic carbocycles. The third kappa shape index (κ3) is 4.53. The molecule has 4 nitrogen and oxygen atoms in total. The van der Waals surface area contributed by atoms with Crippen LogP contribution >= 0.6 is 12.6 Å². The normalized spacial score (nSPS) is 11.4. The molecule has 0 radical (unpaired) electrons. The Bertz CT molecular complexity index is 432. The van der Waals surface area contributed by atoms with E-state index in [-0.39, 0.29) is 10.9 Å². The van der Waals surface area contributed by atoms with Crippen LogP contribution in [0.5, 0.6) is 5.75 Å². The first-order chi connectivity index (χ1) is 7.72. The van der Waals surface area contributed by atoms with Gasteiger partial charge in [0.15, 0.2) is 11.4 Å². The summed E-state index contributed by atoms with van der Waals surface area (Å²) in [6, 6.07) is 6.82. The molecule has 0 aromatic heterocycles. The zero-order chi connectivity index (χ0) is 11.8. The number of aliphatic imine (C=N–C) groups is 1. The molecule has 82 valence electrons. The standard InChI is InChI=1S/C11H11N3OS/c12-8-14-11(16)13-7-1-2-9-3-5-10(15)6-4-9/h1-6,15H,7H2,(H2,13,14,16). The molecular weight excluding hydrogens is 222 g/mol. The smallest absolute Gasteiger partial charge is 0.183 e. The molecule has 16 heavy (non-hydrogen) atoms. The van der Waals surface area contributed by atoms with Gasteiger partial charge in [0.05, 0.1) is 6.54 Å². The first kappa shape index (κ1) is 12.1. The number of rotatable bonds is 3. The van der Waals surface area contributed by atoms with Gasteiger partial charge in [-0.2, -0.15) is 5.26 Å². The molecule has 0 saturated heterocycles. The van der Waals surface area contributed by atoms with Crippen LogP contribution in [0.2, 0.25) is 0 Å². The van der Waals surface area contributed by atoms with Gasteiger partial charge >= 0.3 is 0 Å². The fourth-order valence-electron chi connectivity index (χ4n) is 1.00. The third-order valence-corrected chi connectivity index (χ3v) is 1.97. The van der Waals surface area contributed by atoms with E-state index in [2.05, 4.69) is 22.9 Å². The van der Waals surface area contributed by atoms with Crippen molar-refractivity contribution in [3.63, 3.8) is 0 Å². The van der Waals surface area contributed by atoms with Crippen molar-refractivity contribution >= 4 is 23.9 Å². The largest absolute Gasteiger partial charge is 0.508 e. The van der Waals surface area contributed by atoms with Crippen LogP contribution < -0.4 is 5.32 Å². The summed E-state index contributed by atoms with van der Waals surface area (Å²) in [5, 5.41) is 19.9. The Labute approximate surface area is 99.4 Å². The highest BCUT2D eigenvalue weighted by atomic mass is 32.1. The fraction of sp³-hybridized carbons (Fsp3) is 0.0909. The Balaban J connectivity index is 2.47. The van der Waals surface area contributed by atoms with E-state index in [0.29, 0.717) is 6.54 Å². The van der Waals surface area contributed by atoms with Crippen LogP contribution in [0.4, 0.5) is 0 Å². The number of hydrogen-bond acceptors (Lipinski definition) is 3. The lowest BCUT2D eigenvalue weighted by atomic mass is 10.2. The zero-order valence-electron chi connectivity index (χ0n) is 8.46. The molecule has 0 fully saturated rings. The van der Waals surface area contributed by atoms with Crippen LogP contribution in [-0.2, 0) is 0 Å². The van der Waals surface area contributed by atoms with Gasteiger partial charge in [0.2, 0.25) is 0 Å². The maximum atomic E-state index is 9.07. The lowest BCUT2D eigenvalue weighted by Crippen LogP contribution is -2.10. The summed E-state index contributed by atoms with van der Waals surface area (Å²) in [5.74, 6) is 0.242. The number of aromatic hydroxyl groups is 1. The van der Waals surface area contributed by atoms with E-state index in [9.17, 15) is 0 Å². The van der Waals surface area contributed by atoms with Crippen molar-refractivity contribution in [3.8, 4) is 11.9 Å². The van der Waals surface area contributed by atoms with Crippen LogP contribution in [0.25, 0.3) is 6.08 Å². The predicted molar refractivity (Wildman–Crippen MR) is 67.2 cm³/mol. The number of nitriles is 1. The average molecular weight is 233 g/mol. The molecule has 0 amide bonds. The molecule has 5 heteroatoms. The SMILES string of the molecule is N#CNC(S)=NCC=Cc1ccc(O)cc1. The summed E-state index contributed by atoms with van der Waals surface area (Å²) in [7, 11) is 0. The molecule has 1 aromatic rings. The van der Waals surface area contributed by atoms with Gasteiger partial charge in [-0.15, -0.1) is 12.6 Å². The number of nitrogens with one attached hydrogen (secondary N) is 1. The van der Waals surface area contributed by atoms with Crippen LogP contribution in [0.1, 0.15) is 5.56 Å². The second kappa shape index (κ2) is 6.53. The number of amidine groups is 1. The molecule has 1 rings (SSSR count). The predicted octanol–water partition coefficient (Wildman–Crippen LogP) is 1.76. The third-order valence-electron chi connectivity index (χ3n) is 1.72. The topological polar surface area (TPSA) is 68.4 Å². The van der Waals surface area contributed by atoms with E-state index in [1.54, 1.807) is 30.5 Å². The monoisotopic (exact) mass is 233 g/mol. The van der Waals surface area contributed by atoms with Gasteiger partial charge in [-0.1, -0.05) is 24.3 Å². The Morgan fingerprint density at radius 1 is 1.50 bits per heavy atom. The lowest BCUT2D eigenvalue weighted by molar-refractivity contribution is 0.475. The number of hydrogen-bond donors (Lipinski definition) is 3. The van der Waals surface area contributed by atoms with Crippen molar-refractivity contribution in [2.45, 2.75) is 0 Å². The molecule has 0 bridgehead atoms. The molecular formula is C11H11N3OS. The van der Waals surface area contributed by atoms with Crippen LogP contribution in [0.3, 0.4) is 0 Å². The molecule has 0 aliphatic rings. The summed E-state index contributed by atoms with van der Waals surface area (Å²) >= 11 is 3.93. The zero-order valence-corrected chi connectivity index (χ0v) is 9.35. The lowest BCUT2D eigenvalue weighted by Gasteiger charge is -1.94. The van der Waals surface area contributed by atoms with Gasteiger partial charge in [0, 0.05) is 0 Å². The maximum absolute atomic E-state index is 9.07. The van der Waals surface area contributed by atoms with Gasteiger partial charge in [0.1, 0.15) is 5.75 Å². The van der Waals surface area contributed by atoms with Gasteiger partial charge in [-0.05, 0) is 17.7 Å². The minimum atomic E-state index is 0.242. The molecule has 0 atom stereocenters. The number of phenols is 1. The van der Waals surface area contributed by atoms with Gasteiger partial charge in [-0.25, -0.2) is 0 Å². The number of thiol groups is 1. The van der Waals surface area contributed by atoms with E-state index >= 15 is 0 Å². The van der Waals surface area contributed by atoms with E-state index in [4.69, 9.17) is 10.4 Å². The van der Waals surface area contributed by atoms with Crippen molar-refractivity contribution in [1.29, 1.82) is 5.26 Å². The van der Waals surface area contributed by atoms with Gasteiger partial charge in [0.25, 0.3) is 0 Å². The number of phenolic OH excluding ortho intramolecular Hbond substituents is 1. The second-order valence-corrected chi connectivity index (χ2v) is 3.32. The van der Waals surface area contributed by atoms with Crippen molar-refractivity contribution in [3.05, 3.63) is 35.9 Å². The van der Waals surface area contributed by atoms with Crippen LogP contribution in [0, 0.1) is 11.5 Å². The number of nitrogens with zero attached hydrogens (tertiary/aromatic N) is 2. The van der Waals surface area contributed by atoms with Crippen LogP contribution in [0.15, 0.2) is 35.3 Å². The van der Waals surface area contributed by atoms with Crippen LogP contribution in [-0.4, -0.2) is 16.8 Å². The summed E-state index contributed by atoms with van der Waals surface area (Å²) in [6.45, 7) is 0.439. The minimum Gasteiger partial charge on any atom is -0.508 e. The van der Waals surface area contributed by atoms with Crippen molar-refractivity contribution in [1.82, 2.24) is 5.32 Å². The Morgan fingerprint density at radius 3 is 2.81 bits per heavy atom. The van der Waals surface area contributed by atoms with Gasteiger partial charge < -0.3 is 5.11 Å². The summed E-state index contributed by atoms with van der Waals surface area (Å²) in [6.07, 6.45) is 5.43. The quantitative estimate of drug-likeness (QED) is 0.245. The molecule has 0 spiro atoms. The van der Waals surface area contributed by atoms with E-state index in [1.807, 2.05) is 12.2 Å². The average Bonchev–Trinajstić information content (AvgIpc) is 2.27. The molecule has 0 saturated carbocycles. The highest BCUT2D eigenvalue weighted by Gasteiger charge is 1.88. The number of benzene rings is 1. The Hall–Kier alpha value is -1.93. The van der Waals surface area contributed by atoms with Crippen molar-refractivity contribution in [2.75, 3.05) is 6.54 Å². The van der Waals surface area contributed by atoms with E-state index in [0.717, 1.165) is 5.56 Å². The molecule has 0 unspecified atom stereocenters. The summed E-state index contributed by atoms with van der Waals surface area (Å²) < 4.78 is 0. The highest BCUT2D eigenvalue weighted by Crippen LogP contribution is 2.10. The Morgan fingerprint density at radius 2 is 2.19 bits per heavy atom. The first-order valence-electron chi connectivity index (χ1n) is 4.56. The summed E-state index contributed by atoms with van der Waals surface area (Å²) in [5.41, 5.74) is 0.974. The van der Waals surface area contributed by atoms with E-state index < -0.39 is 0 Å². The summed E-state index contributed by atoms with van der Waals surface area (Å²) in [4.78, 5) is 3.96. The first-order valence-corrected chi connectivity index (χ1v) is 5.01. The maximum Gasteiger partial charge on any atom is 0.183 e. The van der Waals surface area contributed by atoms with Crippen molar-refractivity contribution < 1.29 is 5.11 Å². The van der Waals surface area contributed by atoms with Gasteiger partial charge in [-0.3, -0.25) is 10.3 Å². The van der Waals surface area contributed by atoms with E-state index in [1.165, 1.54) is 0 Å². The molecule has 1 aromatic carbocycles. The molecule has 0 heterocycles. The highest BCUT2D eigenvalue weighted by molar-refractivity contribution is 7.96. The molecule has 0 aliphatic heterocycles. The van der Waals surface area contributed by atoms with Crippen molar-refractivity contribution in [2.24, 2.45) is 4.99 Å². The minimum absolute atomic E-state index is 0.242. The second-order valence-electron chi connectivity index (χ2n) is 2.89. The fourth-order valence-corrected chi connectivity index (χ4v) is 1.13. The molecule has 2 N–H and O–H groups in total.